The molecule has 21 heavy (non-hydrogen) atoms. The third-order valence-corrected chi connectivity index (χ3v) is 4.08. The van der Waals surface area contributed by atoms with E-state index in [2.05, 4.69) is 11.4 Å². The highest BCUT2D eigenvalue weighted by Gasteiger charge is 2.29. The van der Waals surface area contributed by atoms with E-state index in [4.69, 9.17) is 0 Å². The Balaban J connectivity index is 1.95. The number of hydrogen-bond acceptors (Lipinski definition) is 2. The Morgan fingerprint density at radius 1 is 1.33 bits per heavy atom. The molecule has 0 unspecified atom stereocenters. The Kier molecular flexibility index (Phi) is 4.99. The molecule has 0 radical (unpaired) electrons. The van der Waals surface area contributed by atoms with Crippen LogP contribution >= 0.6 is 0 Å². The molecular formula is C17H23NO3. The van der Waals surface area contributed by atoms with Crippen LogP contribution in [0.2, 0.25) is 0 Å². The molecule has 0 aromatic heterocycles. The Hall–Kier alpha value is -1.84. The number of aliphatic carboxylic acids is 1. The summed E-state index contributed by atoms with van der Waals surface area (Å²) in [6.45, 7) is 4.20. The summed E-state index contributed by atoms with van der Waals surface area (Å²) in [5.74, 6) is -1.22. The maximum absolute atomic E-state index is 12.3. The topological polar surface area (TPSA) is 66.4 Å². The summed E-state index contributed by atoms with van der Waals surface area (Å²) in [7, 11) is 0. The van der Waals surface area contributed by atoms with Crippen LogP contribution in [0.3, 0.4) is 0 Å². The van der Waals surface area contributed by atoms with E-state index in [1.165, 1.54) is 5.56 Å². The van der Waals surface area contributed by atoms with Crippen LogP contribution in [0.4, 0.5) is 0 Å². The lowest BCUT2D eigenvalue weighted by Crippen LogP contribution is -2.36. The van der Waals surface area contributed by atoms with Crippen LogP contribution in [0.15, 0.2) is 24.3 Å². The van der Waals surface area contributed by atoms with Gasteiger partial charge in [0.25, 0.3) is 0 Å². The molecule has 0 saturated heterocycles. The molecular weight excluding hydrogens is 266 g/mol. The second-order valence-corrected chi connectivity index (χ2v) is 6.20. The average molecular weight is 289 g/mol. The molecule has 1 aromatic carbocycles. The van der Waals surface area contributed by atoms with Crippen molar-refractivity contribution in [3.05, 3.63) is 35.4 Å². The van der Waals surface area contributed by atoms with Gasteiger partial charge >= 0.3 is 5.97 Å². The Bertz CT molecular complexity index is 525. The van der Waals surface area contributed by atoms with E-state index in [0.29, 0.717) is 12.3 Å². The van der Waals surface area contributed by atoms with Crippen LogP contribution in [0.1, 0.15) is 43.7 Å². The number of carboxylic acids is 1. The number of fused-ring (bicyclic) bond motifs is 1. The molecule has 0 saturated carbocycles. The van der Waals surface area contributed by atoms with Gasteiger partial charge in [0.1, 0.15) is 0 Å². The second kappa shape index (κ2) is 6.74. The number of hydrogen-bond donors (Lipinski definition) is 2. The highest BCUT2D eigenvalue weighted by Crippen LogP contribution is 2.32. The summed E-state index contributed by atoms with van der Waals surface area (Å²) >= 11 is 0. The quantitative estimate of drug-likeness (QED) is 0.846. The zero-order valence-electron chi connectivity index (χ0n) is 12.6. The zero-order chi connectivity index (χ0) is 15.4. The van der Waals surface area contributed by atoms with Gasteiger partial charge < -0.3 is 10.4 Å². The minimum Gasteiger partial charge on any atom is -0.481 e. The first-order valence-corrected chi connectivity index (χ1v) is 7.57. The molecule has 1 aromatic rings. The standard InChI is InChI=1S/C17H23NO3/c1-11(2)9-13(17(20)21)10-18-16(19)15-8-7-12-5-3-4-6-14(12)15/h3-6,11,13,15H,7-10H2,1-2H3,(H,18,19)(H,20,21)/t13-,15-/m0/s1. The minimum atomic E-state index is -0.837. The van der Waals surface area contributed by atoms with Gasteiger partial charge in [-0.3, -0.25) is 9.59 Å². The van der Waals surface area contributed by atoms with Crippen LogP contribution < -0.4 is 5.32 Å². The van der Waals surface area contributed by atoms with E-state index in [1.54, 1.807) is 0 Å². The first kappa shape index (κ1) is 15.5. The van der Waals surface area contributed by atoms with Gasteiger partial charge in [0.2, 0.25) is 5.91 Å². The highest BCUT2D eigenvalue weighted by atomic mass is 16.4. The highest BCUT2D eigenvalue weighted by molar-refractivity contribution is 5.85. The predicted octanol–water partition coefficient (Wildman–Crippen LogP) is 2.58. The summed E-state index contributed by atoms with van der Waals surface area (Å²) in [6, 6.07) is 7.99. The summed E-state index contributed by atoms with van der Waals surface area (Å²) in [5, 5.41) is 12.0. The maximum atomic E-state index is 12.3. The van der Waals surface area contributed by atoms with Gasteiger partial charge in [-0.05, 0) is 36.3 Å². The van der Waals surface area contributed by atoms with Crippen molar-refractivity contribution in [3.63, 3.8) is 0 Å². The van der Waals surface area contributed by atoms with Crippen LogP contribution in [0, 0.1) is 11.8 Å². The van der Waals surface area contributed by atoms with Crippen molar-refractivity contribution in [2.75, 3.05) is 6.54 Å². The largest absolute Gasteiger partial charge is 0.481 e. The fourth-order valence-corrected chi connectivity index (χ4v) is 3.02. The number of aryl methyl sites for hydroxylation is 1. The first-order valence-electron chi connectivity index (χ1n) is 7.57. The third kappa shape index (κ3) is 3.84. The fraction of sp³-hybridized carbons (Fsp3) is 0.529. The molecule has 1 amide bonds. The monoisotopic (exact) mass is 289 g/mol. The normalized spacial score (nSPS) is 18.3. The second-order valence-electron chi connectivity index (χ2n) is 6.20. The molecule has 2 N–H and O–H groups in total. The third-order valence-electron chi connectivity index (χ3n) is 4.08. The zero-order valence-corrected chi connectivity index (χ0v) is 12.6. The first-order chi connectivity index (χ1) is 9.99. The van der Waals surface area contributed by atoms with Gasteiger partial charge in [-0.1, -0.05) is 38.1 Å². The lowest BCUT2D eigenvalue weighted by atomic mass is 9.96. The van der Waals surface area contributed by atoms with Gasteiger partial charge in [0.15, 0.2) is 0 Å². The van der Waals surface area contributed by atoms with E-state index < -0.39 is 11.9 Å². The van der Waals surface area contributed by atoms with Gasteiger partial charge in [0, 0.05) is 6.54 Å². The Morgan fingerprint density at radius 2 is 2.05 bits per heavy atom. The van der Waals surface area contributed by atoms with Crippen LogP contribution in [-0.2, 0) is 16.0 Å². The Morgan fingerprint density at radius 3 is 2.71 bits per heavy atom. The lowest BCUT2D eigenvalue weighted by molar-refractivity contribution is -0.142. The average Bonchev–Trinajstić information content (AvgIpc) is 2.86. The van der Waals surface area contributed by atoms with Gasteiger partial charge in [-0.25, -0.2) is 0 Å². The van der Waals surface area contributed by atoms with Crippen molar-refractivity contribution in [1.82, 2.24) is 5.32 Å². The number of carbonyl (C=O) groups is 2. The molecule has 2 atom stereocenters. The molecule has 1 aliphatic rings. The number of carbonyl (C=O) groups excluding carboxylic acids is 1. The smallest absolute Gasteiger partial charge is 0.308 e. The molecule has 0 heterocycles. The Labute approximate surface area is 125 Å². The van der Waals surface area contributed by atoms with E-state index in [9.17, 15) is 14.7 Å². The van der Waals surface area contributed by atoms with Gasteiger partial charge in [-0.15, -0.1) is 0 Å². The molecule has 0 spiro atoms. The predicted molar refractivity (Wildman–Crippen MR) is 81.1 cm³/mol. The van der Waals surface area contributed by atoms with Crippen molar-refractivity contribution in [3.8, 4) is 0 Å². The molecule has 0 aliphatic heterocycles. The van der Waals surface area contributed by atoms with Crippen LogP contribution in [0.5, 0.6) is 0 Å². The van der Waals surface area contributed by atoms with E-state index >= 15 is 0 Å². The molecule has 0 fully saturated rings. The van der Waals surface area contributed by atoms with Crippen molar-refractivity contribution >= 4 is 11.9 Å². The van der Waals surface area contributed by atoms with E-state index in [0.717, 1.165) is 18.4 Å². The molecule has 0 bridgehead atoms. The minimum absolute atomic E-state index is 0.0463. The van der Waals surface area contributed by atoms with Gasteiger partial charge in [-0.2, -0.15) is 0 Å². The maximum Gasteiger partial charge on any atom is 0.308 e. The van der Waals surface area contributed by atoms with Gasteiger partial charge in [0.05, 0.1) is 11.8 Å². The van der Waals surface area contributed by atoms with Crippen LogP contribution in [-0.4, -0.2) is 23.5 Å². The molecule has 2 rings (SSSR count). The van der Waals surface area contributed by atoms with Crippen molar-refractivity contribution in [2.24, 2.45) is 11.8 Å². The molecule has 4 nitrogen and oxygen atoms in total. The van der Waals surface area contributed by atoms with Crippen molar-refractivity contribution in [2.45, 2.75) is 39.0 Å². The van der Waals surface area contributed by atoms with E-state index in [-0.39, 0.29) is 18.4 Å². The molecule has 114 valence electrons. The number of rotatable bonds is 6. The summed E-state index contributed by atoms with van der Waals surface area (Å²) < 4.78 is 0. The van der Waals surface area contributed by atoms with Crippen LogP contribution in [0.25, 0.3) is 0 Å². The van der Waals surface area contributed by atoms with E-state index in [1.807, 2.05) is 32.0 Å². The summed E-state index contributed by atoms with van der Waals surface area (Å²) in [4.78, 5) is 23.5. The number of amides is 1. The molecule has 1 aliphatic carbocycles. The van der Waals surface area contributed by atoms with Crippen molar-refractivity contribution in [1.29, 1.82) is 0 Å². The number of nitrogens with one attached hydrogen (secondary N) is 1. The number of benzene rings is 1. The number of carboxylic acid groups (broad SMARTS) is 1. The summed E-state index contributed by atoms with van der Waals surface area (Å²) in [5.41, 5.74) is 2.32. The van der Waals surface area contributed by atoms with Crippen molar-refractivity contribution < 1.29 is 14.7 Å². The molecule has 4 heteroatoms. The SMILES string of the molecule is CC(C)C[C@@H](CNC(=O)[C@H]1CCc2ccccc21)C(=O)O. The lowest BCUT2D eigenvalue weighted by Gasteiger charge is -2.17. The fourth-order valence-electron chi connectivity index (χ4n) is 3.02. The summed E-state index contributed by atoms with van der Waals surface area (Å²) in [6.07, 6.45) is 2.31.